The Balaban J connectivity index is 1.80. The molecule has 0 bridgehead atoms. The minimum atomic E-state index is 0.211. The van der Waals surface area contributed by atoms with E-state index in [1.54, 1.807) is 14.2 Å². The quantitative estimate of drug-likeness (QED) is 0.605. The van der Waals surface area contributed by atoms with Gasteiger partial charge in [-0.2, -0.15) is 0 Å². The molecular formula is C25H30N2O2. The number of nitrogens with zero attached hydrogens (tertiary/aromatic N) is 2. The van der Waals surface area contributed by atoms with Gasteiger partial charge in [0.1, 0.15) is 11.5 Å². The maximum Gasteiger partial charge on any atom is 0.123 e. The Labute approximate surface area is 173 Å². The molecule has 1 atom stereocenters. The third-order valence-corrected chi connectivity index (χ3v) is 5.94. The maximum absolute atomic E-state index is 5.67. The highest BCUT2D eigenvalue weighted by molar-refractivity contribution is 5.42. The molecule has 1 aromatic heterocycles. The van der Waals surface area contributed by atoms with E-state index in [-0.39, 0.29) is 6.04 Å². The van der Waals surface area contributed by atoms with Crippen molar-refractivity contribution in [1.29, 1.82) is 0 Å². The van der Waals surface area contributed by atoms with Gasteiger partial charge in [0.05, 0.1) is 20.3 Å². The van der Waals surface area contributed by atoms with E-state index in [2.05, 4.69) is 65.9 Å². The summed E-state index contributed by atoms with van der Waals surface area (Å²) in [4.78, 5) is 2.58. The van der Waals surface area contributed by atoms with Gasteiger partial charge in [-0.25, -0.2) is 0 Å². The van der Waals surface area contributed by atoms with E-state index in [1.165, 1.54) is 22.4 Å². The minimum absolute atomic E-state index is 0.211. The summed E-state index contributed by atoms with van der Waals surface area (Å²) < 4.78 is 13.6. The lowest BCUT2D eigenvalue weighted by Gasteiger charge is -2.32. The molecule has 3 aromatic rings. The van der Waals surface area contributed by atoms with Crippen molar-refractivity contribution in [2.75, 3.05) is 20.8 Å². The molecule has 29 heavy (non-hydrogen) atoms. The normalized spacial score (nSPS) is 16.9. The zero-order valence-electron chi connectivity index (χ0n) is 17.8. The highest BCUT2D eigenvalue weighted by atomic mass is 16.5. The first-order valence-corrected chi connectivity index (χ1v) is 10.3. The highest BCUT2D eigenvalue weighted by Crippen LogP contribution is 2.36. The van der Waals surface area contributed by atoms with Gasteiger partial charge in [-0.15, -0.1) is 0 Å². The molecule has 0 fully saturated rings. The van der Waals surface area contributed by atoms with Crippen LogP contribution in [0.4, 0.5) is 0 Å². The molecule has 0 aliphatic carbocycles. The van der Waals surface area contributed by atoms with Crippen LogP contribution < -0.4 is 9.47 Å². The number of aromatic nitrogens is 1. The summed E-state index contributed by atoms with van der Waals surface area (Å²) in [5.41, 5.74) is 6.53. The average molecular weight is 391 g/mol. The Morgan fingerprint density at radius 1 is 0.966 bits per heavy atom. The molecule has 4 rings (SSSR count). The Bertz CT molecular complexity index is 992. The molecule has 0 spiro atoms. The van der Waals surface area contributed by atoms with Gasteiger partial charge in [-0.3, -0.25) is 4.90 Å². The molecule has 0 radical (unpaired) electrons. The van der Waals surface area contributed by atoms with Gasteiger partial charge in [-0.1, -0.05) is 23.8 Å². The lowest BCUT2D eigenvalue weighted by atomic mass is 9.95. The standard InChI is InChI=1S/C25H30N2O2/c1-18-8-9-19(2)22(15-18)25-23-7-5-12-26(23)13-6-14-27(25)17-20-16-21(28-3)10-11-24(20)29-4/h5,7-12,15-16,25H,6,13-14,17H2,1-4H3/t25-/m1/s1. The van der Waals surface area contributed by atoms with Crippen molar-refractivity contribution in [2.24, 2.45) is 0 Å². The first kappa shape index (κ1) is 19.6. The van der Waals surface area contributed by atoms with E-state index in [0.29, 0.717) is 0 Å². The lowest BCUT2D eigenvalue weighted by Crippen LogP contribution is -2.30. The van der Waals surface area contributed by atoms with Crippen LogP contribution in [0, 0.1) is 13.8 Å². The Morgan fingerprint density at radius 2 is 1.83 bits per heavy atom. The van der Waals surface area contributed by atoms with Crippen molar-refractivity contribution in [3.63, 3.8) is 0 Å². The van der Waals surface area contributed by atoms with Gasteiger partial charge < -0.3 is 14.0 Å². The Hall–Kier alpha value is -2.72. The van der Waals surface area contributed by atoms with Crippen LogP contribution in [0.3, 0.4) is 0 Å². The largest absolute Gasteiger partial charge is 0.497 e. The van der Waals surface area contributed by atoms with Gasteiger partial charge >= 0.3 is 0 Å². The predicted octanol–water partition coefficient (Wildman–Crippen LogP) is 5.12. The summed E-state index contributed by atoms with van der Waals surface area (Å²) in [6, 6.07) is 17.5. The molecule has 0 saturated heterocycles. The fourth-order valence-corrected chi connectivity index (χ4v) is 4.44. The van der Waals surface area contributed by atoms with Crippen LogP contribution in [0.25, 0.3) is 0 Å². The van der Waals surface area contributed by atoms with Crippen LogP contribution >= 0.6 is 0 Å². The zero-order chi connectivity index (χ0) is 20.4. The summed E-state index contributed by atoms with van der Waals surface area (Å²) in [5.74, 6) is 1.77. The van der Waals surface area contributed by atoms with Crippen LogP contribution in [0.15, 0.2) is 54.7 Å². The van der Waals surface area contributed by atoms with Crippen molar-refractivity contribution >= 4 is 0 Å². The molecule has 0 N–H and O–H groups in total. The van der Waals surface area contributed by atoms with Gasteiger partial charge in [0.25, 0.3) is 0 Å². The second-order valence-electron chi connectivity index (χ2n) is 7.89. The highest BCUT2D eigenvalue weighted by Gasteiger charge is 2.29. The summed E-state index contributed by atoms with van der Waals surface area (Å²) >= 11 is 0. The van der Waals surface area contributed by atoms with Crippen LogP contribution in [-0.4, -0.2) is 30.2 Å². The van der Waals surface area contributed by atoms with Gasteiger partial charge in [0, 0.05) is 37.1 Å². The molecule has 4 nitrogen and oxygen atoms in total. The average Bonchev–Trinajstić information content (AvgIpc) is 3.11. The topological polar surface area (TPSA) is 26.6 Å². The fraction of sp³-hybridized carbons (Fsp3) is 0.360. The van der Waals surface area contributed by atoms with Crippen LogP contribution in [0.2, 0.25) is 0 Å². The van der Waals surface area contributed by atoms with Gasteiger partial charge in [0.15, 0.2) is 0 Å². The number of hydrogen-bond acceptors (Lipinski definition) is 3. The van der Waals surface area contributed by atoms with Crippen LogP contribution in [0.1, 0.15) is 40.4 Å². The number of rotatable bonds is 5. The van der Waals surface area contributed by atoms with Crippen molar-refractivity contribution in [3.05, 3.63) is 82.7 Å². The fourth-order valence-electron chi connectivity index (χ4n) is 4.44. The number of aryl methyl sites for hydroxylation is 3. The second kappa shape index (κ2) is 8.34. The molecular weight excluding hydrogens is 360 g/mol. The number of methoxy groups -OCH3 is 2. The summed E-state index contributed by atoms with van der Waals surface area (Å²) in [6.45, 7) is 7.28. The summed E-state index contributed by atoms with van der Waals surface area (Å²) in [7, 11) is 3.45. The molecule has 152 valence electrons. The lowest BCUT2D eigenvalue weighted by molar-refractivity contribution is 0.216. The third-order valence-electron chi connectivity index (χ3n) is 5.94. The number of benzene rings is 2. The van der Waals surface area contributed by atoms with Gasteiger partial charge in [-0.05, 0) is 61.7 Å². The minimum Gasteiger partial charge on any atom is -0.497 e. The molecule has 4 heteroatoms. The van der Waals surface area contributed by atoms with Crippen molar-refractivity contribution in [3.8, 4) is 11.5 Å². The zero-order valence-corrected chi connectivity index (χ0v) is 17.8. The van der Waals surface area contributed by atoms with E-state index in [1.807, 2.05) is 12.1 Å². The molecule has 0 unspecified atom stereocenters. The van der Waals surface area contributed by atoms with Crippen molar-refractivity contribution in [2.45, 2.75) is 39.4 Å². The van der Waals surface area contributed by atoms with Crippen LogP contribution in [0.5, 0.6) is 11.5 Å². The predicted molar refractivity (Wildman–Crippen MR) is 117 cm³/mol. The SMILES string of the molecule is COc1ccc(OC)c(CN2CCCn3cccc3[C@H]2c2cc(C)ccc2C)c1. The molecule has 2 heterocycles. The summed E-state index contributed by atoms with van der Waals surface area (Å²) in [6.07, 6.45) is 3.33. The third kappa shape index (κ3) is 3.90. The number of ether oxygens (including phenoxy) is 2. The smallest absolute Gasteiger partial charge is 0.123 e. The molecule has 1 aliphatic rings. The Kier molecular flexibility index (Phi) is 5.63. The van der Waals surface area contributed by atoms with Gasteiger partial charge in [0.2, 0.25) is 0 Å². The second-order valence-corrected chi connectivity index (χ2v) is 7.89. The van der Waals surface area contributed by atoms with E-state index in [4.69, 9.17) is 9.47 Å². The first-order chi connectivity index (χ1) is 14.1. The monoisotopic (exact) mass is 390 g/mol. The first-order valence-electron chi connectivity index (χ1n) is 10.3. The van der Waals surface area contributed by atoms with E-state index in [0.717, 1.165) is 43.1 Å². The molecule has 1 aliphatic heterocycles. The number of hydrogen-bond donors (Lipinski definition) is 0. The van der Waals surface area contributed by atoms with E-state index >= 15 is 0 Å². The number of fused-ring (bicyclic) bond motifs is 1. The van der Waals surface area contributed by atoms with E-state index in [9.17, 15) is 0 Å². The van der Waals surface area contributed by atoms with Crippen molar-refractivity contribution in [1.82, 2.24) is 9.47 Å². The molecule has 2 aromatic carbocycles. The maximum atomic E-state index is 5.67. The van der Waals surface area contributed by atoms with Crippen molar-refractivity contribution < 1.29 is 9.47 Å². The Morgan fingerprint density at radius 3 is 2.62 bits per heavy atom. The van der Waals surface area contributed by atoms with Crippen LogP contribution in [-0.2, 0) is 13.1 Å². The van der Waals surface area contributed by atoms with E-state index < -0.39 is 0 Å². The molecule has 0 saturated carbocycles. The molecule has 0 amide bonds. The summed E-state index contributed by atoms with van der Waals surface area (Å²) in [5, 5.41) is 0.